The van der Waals surface area contributed by atoms with Gasteiger partial charge in [-0.1, -0.05) is 23.7 Å². The largest absolute Gasteiger partial charge is 0.350 e. The SMILES string of the molecule is CC(C)(C)NC(=O)CN1CCCN(CC(=O)Nc2ccccc2Cl)CC1. The predicted molar refractivity (Wildman–Crippen MR) is 105 cm³/mol. The molecule has 1 fully saturated rings. The number of carbonyl (C=O) groups is 2. The van der Waals surface area contributed by atoms with Crippen molar-refractivity contribution < 1.29 is 9.59 Å². The molecular weight excluding hydrogens is 352 g/mol. The maximum absolute atomic E-state index is 12.3. The van der Waals surface area contributed by atoms with Gasteiger partial charge in [0, 0.05) is 18.6 Å². The minimum absolute atomic E-state index is 0.0439. The summed E-state index contributed by atoms with van der Waals surface area (Å²) >= 11 is 6.08. The van der Waals surface area contributed by atoms with Crippen molar-refractivity contribution in [3.05, 3.63) is 29.3 Å². The molecule has 1 aliphatic heterocycles. The Morgan fingerprint density at radius 1 is 1.00 bits per heavy atom. The second kappa shape index (κ2) is 9.35. The lowest BCUT2D eigenvalue weighted by atomic mass is 10.1. The number of benzene rings is 1. The summed E-state index contributed by atoms with van der Waals surface area (Å²) < 4.78 is 0. The summed E-state index contributed by atoms with van der Waals surface area (Å²) in [5, 5.41) is 6.38. The molecular formula is C19H29ClN4O2. The number of rotatable bonds is 5. The zero-order valence-corrected chi connectivity index (χ0v) is 16.6. The molecule has 0 saturated carbocycles. The Balaban J connectivity index is 1.78. The normalized spacial score (nSPS) is 16.8. The van der Waals surface area contributed by atoms with Gasteiger partial charge in [0.1, 0.15) is 0 Å². The summed E-state index contributed by atoms with van der Waals surface area (Å²) in [6.07, 6.45) is 0.933. The lowest BCUT2D eigenvalue weighted by molar-refractivity contribution is -0.123. The number of carbonyl (C=O) groups excluding carboxylic acids is 2. The zero-order chi connectivity index (χ0) is 19.2. The van der Waals surface area contributed by atoms with Crippen LogP contribution in [-0.2, 0) is 9.59 Å². The number of nitrogens with zero attached hydrogens (tertiary/aromatic N) is 2. The smallest absolute Gasteiger partial charge is 0.238 e. The summed E-state index contributed by atoms with van der Waals surface area (Å²) in [6.45, 7) is 9.90. The van der Waals surface area contributed by atoms with Crippen LogP contribution in [0, 0.1) is 0 Å². The Labute approximate surface area is 160 Å². The maximum atomic E-state index is 12.3. The van der Waals surface area contributed by atoms with Crippen LogP contribution in [0.5, 0.6) is 0 Å². The fraction of sp³-hybridized carbons (Fsp3) is 0.579. The standard InChI is InChI=1S/C19H29ClN4O2/c1-19(2,3)22-18(26)14-24-10-6-9-23(11-12-24)13-17(25)21-16-8-5-4-7-15(16)20/h4-5,7-8H,6,9-14H2,1-3H3,(H,21,25)(H,22,26). The first-order chi connectivity index (χ1) is 12.2. The van der Waals surface area contributed by atoms with Crippen LogP contribution in [0.3, 0.4) is 0 Å². The van der Waals surface area contributed by atoms with Crippen molar-refractivity contribution in [3.8, 4) is 0 Å². The van der Waals surface area contributed by atoms with E-state index in [1.807, 2.05) is 32.9 Å². The molecule has 1 aromatic rings. The summed E-state index contributed by atoms with van der Waals surface area (Å²) in [5.41, 5.74) is 0.417. The number of anilines is 1. The number of hydrogen-bond acceptors (Lipinski definition) is 4. The topological polar surface area (TPSA) is 64.7 Å². The molecule has 0 aromatic heterocycles. The van der Waals surface area contributed by atoms with Gasteiger partial charge in [-0.2, -0.15) is 0 Å². The molecule has 0 radical (unpaired) electrons. The quantitative estimate of drug-likeness (QED) is 0.822. The number of amides is 2. The van der Waals surface area contributed by atoms with Gasteiger partial charge >= 0.3 is 0 Å². The molecule has 1 heterocycles. The van der Waals surface area contributed by atoms with Crippen molar-refractivity contribution in [2.75, 3.05) is 44.6 Å². The van der Waals surface area contributed by atoms with Crippen molar-refractivity contribution in [3.63, 3.8) is 0 Å². The van der Waals surface area contributed by atoms with E-state index in [1.165, 1.54) is 0 Å². The Hall–Kier alpha value is -1.63. The number of para-hydroxylation sites is 1. The van der Waals surface area contributed by atoms with E-state index in [4.69, 9.17) is 11.6 Å². The van der Waals surface area contributed by atoms with Gasteiger partial charge < -0.3 is 10.6 Å². The van der Waals surface area contributed by atoms with Gasteiger partial charge in [0.25, 0.3) is 0 Å². The summed E-state index contributed by atoms with van der Waals surface area (Å²) in [7, 11) is 0. The summed E-state index contributed by atoms with van der Waals surface area (Å²) in [5.74, 6) is -0.0283. The van der Waals surface area contributed by atoms with Crippen LogP contribution in [0.1, 0.15) is 27.2 Å². The van der Waals surface area contributed by atoms with Crippen molar-refractivity contribution >= 4 is 29.1 Å². The monoisotopic (exact) mass is 380 g/mol. The molecule has 0 spiro atoms. The van der Waals surface area contributed by atoms with Crippen LogP contribution in [0.4, 0.5) is 5.69 Å². The molecule has 1 aromatic carbocycles. The van der Waals surface area contributed by atoms with Gasteiger partial charge in [0.2, 0.25) is 11.8 Å². The summed E-state index contributed by atoms with van der Waals surface area (Å²) in [6, 6.07) is 7.22. The third-order valence-electron chi connectivity index (χ3n) is 4.08. The summed E-state index contributed by atoms with van der Waals surface area (Å²) in [4.78, 5) is 28.6. The fourth-order valence-corrected chi connectivity index (χ4v) is 3.14. The van der Waals surface area contributed by atoms with Crippen LogP contribution in [0.15, 0.2) is 24.3 Å². The molecule has 6 nitrogen and oxygen atoms in total. The number of hydrogen-bond donors (Lipinski definition) is 2. The van der Waals surface area contributed by atoms with Crippen LogP contribution in [0.25, 0.3) is 0 Å². The molecule has 7 heteroatoms. The second-order valence-corrected chi connectivity index (χ2v) is 8.14. The van der Waals surface area contributed by atoms with Gasteiger partial charge in [0.05, 0.1) is 23.8 Å². The average molecular weight is 381 g/mol. The van der Waals surface area contributed by atoms with Crippen molar-refractivity contribution in [1.29, 1.82) is 0 Å². The molecule has 144 valence electrons. The van der Waals surface area contributed by atoms with E-state index >= 15 is 0 Å². The minimum Gasteiger partial charge on any atom is -0.350 e. The third-order valence-corrected chi connectivity index (χ3v) is 4.41. The Bertz CT molecular complexity index is 630. The van der Waals surface area contributed by atoms with Gasteiger partial charge in [0.15, 0.2) is 0 Å². The molecule has 1 saturated heterocycles. The fourth-order valence-electron chi connectivity index (χ4n) is 2.96. The lowest BCUT2D eigenvalue weighted by Gasteiger charge is -2.25. The van der Waals surface area contributed by atoms with Gasteiger partial charge in [-0.05, 0) is 52.4 Å². The van der Waals surface area contributed by atoms with E-state index in [2.05, 4.69) is 20.4 Å². The second-order valence-electron chi connectivity index (χ2n) is 7.73. The van der Waals surface area contributed by atoms with Crippen molar-refractivity contribution in [2.45, 2.75) is 32.7 Å². The first-order valence-corrected chi connectivity index (χ1v) is 9.41. The van der Waals surface area contributed by atoms with Gasteiger partial charge in [-0.15, -0.1) is 0 Å². The molecule has 0 bridgehead atoms. The average Bonchev–Trinajstić information content (AvgIpc) is 2.73. The molecule has 2 amide bonds. The molecule has 26 heavy (non-hydrogen) atoms. The molecule has 0 unspecified atom stereocenters. The minimum atomic E-state index is -0.216. The molecule has 1 aliphatic rings. The van der Waals surface area contributed by atoms with Crippen LogP contribution in [-0.4, -0.2) is 66.4 Å². The highest BCUT2D eigenvalue weighted by Gasteiger charge is 2.21. The van der Waals surface area contributed by atoms with E-state index in [9.17, 15) is 9.59 Å². The first kappa shape index (κ1) is 20.7. The van der Waals surface area contributed by atoms with Crippen LogP contribution in [0.2, 0.25) is 5.02 Å². The van der Waals surface area contributed by atoms with Crippen molar-refractivity contribution in [2.24, 2.45) is 0 Å². The zero-order valence-electron chi connectivity index (χ0n) is 15.8. The van der Waals surface area contributed by atoms with Gasteiger partial charge in [-0.3, -0.25) is 19.4 Å². The van der Waals surface area contributed by atoms with E-state index in [0.717, 1.165) is 32.6 Å². The Morgan fingerprint density at radius 2 is 1.58 bits per heavy atom. The third kappa shape index (κ3) is 7.32. The highest BCUT2D eigenvalue weighted by Crippen LogP contribution is 2.20. The van der Waals surface area contributed by atoms with Crippen LogP contribution < -0.4 is 10.6 Å². The van der Waals surface area contributed by atoms with Crippen molar-refractivity contribution in [1.82, 2.24) is 15.1 Å². The van der Waals surface area contributed by atoms with E-state index in [0.29, 0.717) is 23.8 Å². The molecule has 0 atom stereocenters. The lowest BCUT2D eigenvalue weighted by Crippen LogP contribution is -2.46. The number of halogens is 1. The first-order valence-electron chi connectivity index (χ1n) is 9.03. The van der Waals surface area contributed by atoms with E-state index in [-0.39, 0.29) is 17.4 Å². The Kier molecular flexibility index (Phi) is 7.43. The highest BCUT2D eigenvalue weighted by molar-refractivity contribution is 6.33. The molecule has 2 rings (SSSR count). The predicted octanol–water partition coefficient (Wildman–Crippen LogP) is 2.20. The van der Waals surface area contributed by atoms with Crippen LogP contribution >= 0.6 is 11.6 Å². The number of nitrogens with one attached hydrogen (secondary N) is 2. The molecule has 2 N–H and O–H groups in total. The maximum Gasteiger partial charge on any atom is 0.238 e. The van der Waals surface area contributed by atoms with Gasteiger partial charge in [-0.25, -0.2) is 0 Å². The molecule has 0 aliphatic carbocycles. The highest BCUT2D eigenvalue weighted by atomic mass is 35.5. The van der Waals surface area contributed by atoms with E-state index < -0.39 is 0 Å². The van der Waals surface area contributed by atoms with E-state index in [1.54, 1.807) is 12.1 Å². The Morgan fingerprint density at radius 3 is 2.15 bits per heavy atom.